The summed E-state index contributed by atoms with van der Waals surface area (Å²) in [6, 6.07) is 9.44. The van der Waals surface area contributed by atoms with Gasteiger partial charge >= 0.3 is 0 Å². The molecule has 1 rings (SSSR count). The van der Waals surface area contributed by atoms with Crippen molar-refractivity contribution < 1.29 is 4.92 Å². The molecule has 70 valence electrons. The maximum absolute atomic E-state index is 9.32. The van der Waals surface area contributed by atoms with Crippen LogP contribution in [-0.4, -0.2) is 4.92 Å². The van der Waals surface area contributed by atoms with E-state index in [1.54, 1.807) is 6.92 Å². The van der Waals surface area contributed by atoms with Crippen LogP contribution in [0.15, 0.2) is 42.6 Å². The summed E-state index contributed by atoms with van der Waals surface area (Å²) in [7, 11) is 0. The van der Waals surface area contributed by atoms with Crippen molar-refractivity contribution in [2.75, 3.05) is 0 Å². The summed E-state index contributed by atoms with van der Waals surface area (Å²) in [6.07, 6.45) is 2.26. The Morgan fingerprint density at radius 2 is 1.92 bits per heavy atom. The lowest BCUT2D eigenvalue weighted by Gasteiger charge is -1.80. The van der Waals surface area contributed by atoms with Crippen molar-refractivity contribution in [2.24, 2.45) is 0 Å². The van der Waals surface area contributed by atoms with Crippen molar-refractivity contribution >= 4 is 11.6 Å². The highest BCUT2D eigenvalue weighted by atomic mass is 35.5. The smallest absolute Gasteiger partial charge is 0.230 e. The first-order chi connectivity index (χ1) is 6.16. The third-order valence-corrected chi connectivity index (χ3v) is 1.26. The van der Waals surface area contributed by atoms with Gasteiger partial charge in [0.15, 0.2) is 0 Å². The largest absolute Gasteiger partial charge is 0.259 e. The molecule has 0 atom stereocenters. The zero-order valence-electron chi connectivity index (χ0n) is 7.18. The Bertz CT molecular complexity index is 272. The Hall–Kier alpha value is -1.35. The first-order valence-corrected chi connectivity index (χ1v) is 4.01. The Kier molecular flexibility index (Phi) is 6.55. The van der Waals surface area contributed by atoms with E-state index in [9.17, 15) is 10.1 Å². The van der Waals surface area contributed by atoms with E-state index in [-0.39, 0.29) is 0 Å². The van der Waals surface area contributed by atoms with Gasteiger partial charge in [-0.15, -0.1) is 0 Å². The lowest BCUT2D eigenvalue weighted by molar-refractivity contribution is -0.402. The van der Waals surface area contributed by atoms with E-state index in [1.165, 1.54) is 6.08 Å². The van der Waals surface area contributed by atoms with Crippen molar-refractivity contribution in [3.63, 3.8) is 0 Å². The lowest BCUT2D eigenvalue weighted by Crippen LogP contribution is -1.79. The minimum atomic E-state index is -0.500. The van der Waals surface area contributed by atoms with Gasteiger partial charge in [-0.05, 0) is 25.1 Å². The second-order valence-corrected chi connectivity index (χ2v) is 2.50. The van der Waals surface area contributed by atoms with E-state index in [0.29, 0.717) is 0 Å². The molecule has 0 aromatic heterocycles. The van der Waals surface area contributed by atoms with E-state index >= 15 is 0 Å². The third kappa shape index (κ3) is 8.56. The van der Waals surface area contributed by atoms with Gasteiger partial charge in [0, 0.05) is 5.02 Å². The SMILES string of the molecule is CC=C[N+](=O)[O-].Clc1ccccc1. The van der Waals surface area contributed by atoms with E-state index in [1.807, 2.05) is 30.3 Å². The van der Waals surface area contributed by atoms with Crippen molar-refractivity contribution in [2.45, 2.75) is 6.92 Å². The molecule has 0 aliphatic heterocycles. The van der Waals surface area contributed by atoms with E-state index in [0.717, 1.165) is 11.2 Å². The number of hydrogen-bond donors (Lipinski definition) is 0. The minimum absolute atomic E-state index is 0.500. The van der Waals surface area contributed by atoms with Crippen LogP contribution in [0.4, 0.5) is 0 Å². The molecule has 1 aromatic carbocycles. The van der Waals surface area contributed by atoms with Crippen LogP contribution in [0.25, 0.3) is 0 Å². The van der Waals surface area contributed by atoms with Crippen molar-refractivity contribution in [1.29, 1.82) is 0 Å². The molecule has 0 saturated carbocycles. The Morgan fingerprint density at radius 1 is 1.38 bits per heavy atom. The molecule has 0 heterocycles. The predicted molar refractivity (Wildman–Crippen MR) is 53.3 cm³/mol. The quantitative estimate of drug-likeness (QED) is 0.515. The predicted octanol–water partition coefficient (Wildman–Crippen LogP) is 3.14. The van der Waals surface area contributed by atoms with Crippen molar-refractivity contribution in [3.05, 3.63) is 57.7 Å². The third-order valence-electron chi connectivity index (χ3n) is 1.00. The molecule has 0 aliphatic rings. The fraction of sp³-hybridized carbons (Fsp3) is 0.111. The zero-order chi connectivity index (χ0) is 10.1. The molecule has 0 bridgehead atoms. The van der Waals surface area contributed by atoms with Gasteiger partial charge in [0.25, 0.3) is 0 Å². The number of nitrogens with zero attached hydrogens (tertiary/aromatic N) is 1. The molecule has 3 nitrogen and oxygen atoms in total. The number of benzene rings is 1. The number of allylic oxidation sites excluding steroid dienone is 1. The van der Waals surface area contributed by atoms with Gasteiger partial charge in [0.2, 0.25) is 6.20 Å². The van der Waals surface area contributed by atoms with Crippen LogP contribution in [0.2, 0.25) is 5.02 Å². The van der Waals surface area contributed by atoms with E-state index in [2.05, 4.69) is 0 Å². The van der Waals surface area contributed by atoms with Gasteiger partial charge in [-0.25, -0.2) is 0 Å². The van der Waals surface area contributed by atoms with Gasteiger partial charge in [-0.1, -0.05) is 29.8 Å². The normalized spacial score (nSPS) is 9.08. The topological polar surface area (TPSA) is 43.1 Å². The highest BCUT2D eigenvalue weighted by Crippen LogP contribution is 2.03. The molecule has 13 heavy (non-hydrogen) atoms. The number of halogens is 1. The molecular formula is C9H10ClNO2. The number of hydrogen-bond acceptors (Lipinski definition) is 2. The Morgan fingerprint density at radius 3 is 2.08 bits per heavy atom. The van der Waals surface area contributed by atoms with Crippen LogP contribution in [0, 0.1) is 10.1 Å². The maximum atomic E-state index is 9.32. The molecule has 1 aromatic rings. The summed E-state index contributed by atoms with van der Waals surface area (Å²) in [6.45, 7) is 1.60. The molecule has 0 radical (unpaired) electrons. The molecule has 0 aliphatic carbocycles. The fourth-order valence-electron chi connectivity index (χ4n) is 0.536. The molecule has 0 amide bonds. The zero-order valence-corrected chi connectivity index (χ0v) is 7.94. The Labute approximate surface area is 81.8 Å². The fourth-order valence-corrected chi connectivity index (χ4v) is 0.682. The first kappa shape index (κ1) is 11.6. The summed E-state index contributed by atoms with van der Waals surface area (Å²) in [4.78, 5) is 8.82. The van der Waals surface area contributed by atoms with E-state index < -0.39 is 4.92 Å². The van der Waals surface area contributed by atoms with Gasteiger partial charge in [-0.3, -0.25) is 10.1 Å². The van der Waals surface area contributed by atoms with Gasteiger partial charge < -0.3 is 0 Å². The Balaban J connectivity index is 0.000000226. The average molecular weight is 200 g/mol. The van der Waals surface area contributed by atoms with Gasteiger partial charge in [0.05, 0.1) is 4.92 Å². The monoisotopic (exact) mass is 199 g/mol. The molecule has 0 saturated heterocycles. The maximum Gasteiger partial charge on any atom is 0.230 e. The van der Waals surface area contributed by atoms with Crippen LogP contribution in [0.1, 0.15) is 6.92 Å². The molecule has 0 fully saturated rings. The van der Waals surface area contributed by atoms with Crippen molar-refractivity contribution in [1.82, 2.24) is 0 Å². The van der Waals surface area contributed by atoms with Crippen molar-refractivity contribution in [3.8, 4) is 0 Å². The molecule has 0 spiro atoms. The van der Waals surface area contributed by atoms with Crippen LogP contribution in [0.3, 0.4) is 0 Å². The average Bonchev–Trinajstić information content (AvgIpc) is 2.06. The molecule has 4 heteroatoms. The van der Waals surface area contributed by atoms with Crippen LogP contribution >= 0.6 is 11.6 Å². The number of nitro groups is 1. The highest BCUT2D eigenvalue weighted by molar-refractivity contribution is 6.30. The first-order valence-electron chi connectivity index (χ1n) is 3.63. The van der Waals surface area contributed by atoms with Crippen LogP contribution in [0.5, 0.6) is 0 Å². The van der Waals surface area contributed by atoms with Crippen LogP contribution < -0.4 is 0 Å². The van der Waals surface area contributed by atoms with Crippen LogP contribution in [-0.2, 0) is 0 Å². The molecule has 0 N–H and O–H groups in total. The summed E-state index contributed by atoms with van der Waals surface area (Å²) < 4.78 is 0. The van der Waals surface area contributed by atoms with Gasteiger partial charge in [0.1, 0.15) is 0 Å². The summed E-state index contributed by atoms with van der Waals surface area (Å²) >= 11 is 5.54. The second kappa shape index (κ2) is 7.31. The van der Waals surface area contributed by atoms with Gasteiger partial charge in [-0.2, -0.15) is 0 Å². The minimum Gasteiger partial charge on any atom is -0.259 e. The lowest BCUT2D eigenvalue weighted by atomic mass is 10.4. The molecule has 0 unspecified atom stereocenters. The summed E-state index contributed by atoms with van der Waals surface area (Å²) in [5, 5.41) is 10.1. The number of rotatable bonds is 1. The standard InChI is InChI=1S/C6H5Cl.C3H5NO2/c7-6-4-2-1-3-5-6;1-2-3-4(5)6/h1-5H;2-3H,1H3. The molecular weight excluding hydrogens is 190 g/mol. The van der Waals surface area contributed by atoms with E-state index in [4.69, 9.17) is 11.6 Å². The summed E-state index contributed by atoms with van der Waals surface area (Å²) in [5.41, 5.74) is 0. The second-order valence-electron chi connectivity index (χ2n) is 2.06. The summed E-state index contributed by atoms with van der Waals surface area (Å²) in [5.74, 6) is 0. The highest BCUT2D eigenvalue weighted by Gasteiger charge is 1.75.